The number of aromatic amines is 1. The Morgan fingerprint density at radius 2 is 2.19 bits per heavy atom. The fourth-order valence-corrected chi connectivity index (χ4v) is 3.59. The van der Waals surface area contributed by atoms with Crippen LogP contribution in [0.3, 0.4) is 0 Å². The number of fused-ring (bicyclic) bond motifs is 3. The quantitative estimate of drug-likeness (QED) is 0.587. The second-order valence-corrected chi connectivity index (χ2v) is 6.22. The first-order chi connectivity index (χ1) is 10.3. The fraction of sp³-hybridized carbons (Fsp3) is 0.333. The third-order valence-electron chi connectivity index (χ3n) is 4.17. The summed E-state index contributed by atoms with van der Waals surface area (Å²) >= 11 is 2.36. The van der Waals surface area contributed by atoms with E-state index in [1.807, 2.05) is 0 Å². The zero-order chi connectivity index (χ0) is 14.7. The fourth-order valence-electron chi connectivity index (χ4n) is 2.95. The van der Waals surface area contributed by atoms with Crippen molar-refractivity contribution in [1.29, 1.82) is 0 Å². The molecule has 2 heterocycles. The van der Waals surface area contributed by atoms with Crippen molar-refractivity contribution in [2.45, 2.75) is 26.3 Å². The van der Waals surface area contributed by atoms with E-state index in [0.717, 1.165) is 32.5 Å². The Balaban J connectivity index is 1.94. The molecular weight excluding hydrogens is 371 g/mol. The van der Waals surface area contributed by atoms with Crippen molar-refractivity contribution in [3.8, 4) is 0 Å². The summed E-state index contributed by atoms with van der Waals surface area (Å²) in [7, 11) is 0. The van der Waals surface area contributed by atoms with Crippen LogP contribution in [-0.4, -0.2) is 23.0 Å². The van der Waals surface area contributed by atoms with E-state index in [9.17, 15) is 0 Å². The van der Waals surface area contributed by atoms with E-state index in [4.69, 9.17) is 0 Å². The molecule has 0 saturated heterocycles. The SMILES string of the molecule is CC/C(=C/I)CN1C/C=C\Cc2[nH]c3ccccc3c2C1. The summed E-state index contributed by atoms with van der Waals surface area (Å²) < 4.78 is 2.23. The van der Waals surface area contributed by atoms with Crippen LogP contribution in [0.4, 0.5) is 0 Å². The molecule has 0 saturated carbocycles. The maximum atomic E-state index is 3.59. The number of para-hydroxylation sites is 1. The highest BCUT2D eigenvalue weighted by Gasteiger charge is 2.16. The van der Waals surface area contributed by atoms with Crippen molar-refractivity contribution in [3.63, 3.8) is 0 Å². The average molecular weight is 392 g/mol. The summed E-state index contributed by atoms with van der Waals surface area (Å²) in [4.78, 5) is 6.12. The first-order valence-electron chi connectivity index (χ1n) is 7.55. The Morgan fingerprint density at radius 3 is 3.00 bits per heavy atom. The van der Waals surface area contributed by atoms with Gasteiger partial charge in [0.2, 0.25) is 0 Å². The van der Waals surface area contributed by atoms with Gasteiger partial charge in [-0.2, -0.15) is 0 Å². The molecule has 110 valence electrons. The van der Waals surface area contributed by atoms with Crippen molar-refractivity contribution >= 4 is 33.5 Å². The molecule has 0 amide bonds. The summed E-state index contributed by atoms with van der Waals surface area (Å²) in [6.07, 6.45) is 6.74. The Hall–Kier alpha value is -1.07. The van der Waals surface area contributed by atoms with Gasteiger partial charge in [0, 0.05) is 42.7 Å². The van der Waals surface area contributed by atoms with Gasteiger partial charge in [-0.15, -0.1) is 0 Å². The molecule has 0 radical (unpaired) electrons. The maximum Gasteiger partial charge on any atom is 0.0459 e. The molecule has 0 spiro atoms. The van der Waals surface area contributed by atoms with E-state index in [-0.39, 0.29) is 0 Å². The molecule has 1 aliphatic rings. The lowest BCUT2D eigenvalue weighted by atomic mass is 10.1. The predicted octanol–water partition coefficient (Wildman–Crippen LogP) is 4.81. The number of H-pyrrole nitrogens is 1. The molecule has 0 bridgehead atoms. The van der Waals surface area contributed by atoms with Crippen LogP contribution < -0.4 is 0 Å². The van der Waals surface area contributed by atoms with Gasteiger partial charge in [-0.3, -0.25) is 4.90 Å². The number of halogens is 1. The molecule has 1 aromatic heterocycles. The van der Waals surface area contributed by atoms with Gasteiger partial charge in [-0.05, 0) is 22.1 Å². The maximum absolute atomic E-state index is 3.59. The number of aromatic nitrogens is 1. The molecule has 1 N–H and O–H groups in total. The standard InChI is InChI=1S/C18H21IN2/c1-2-14(11-19)12-21-10-6-5-9-18-16(13-21)15-7-3-4-8-17(15)20-18/h3-8,11,20H,2,9-10,12-13H2,1H3/b6-5-,14-11-. The van der Waals surface area contributed by atoms with Crippen molar-refractivity contribution in [3.05, 3.63) is 57.3 Å². The predicted molar refractivity (Wildman–Crippen MR) is 98.8 cm³/mol. The number of benzene rings is 1. The normalized spacial score (nSPS) is 18.3. The minimum atomic E-state index is 1.01. The van der Waals surface area contributed by atoms with Crippen molar-refractivity contribution in [2.75, 3.05) is 13.1 Å². The van der Waals surface area contributed by atoms with Crippen molar-refractivity contribution in [2.24, 2.45) is 0 Å². The number of hydrogen-bond acceptors (Lipinski definition) is 1. The molecule has 0 unspecified atom stereocenters. The molecule has 21 heavy (non-hydrogen) atoms. The van der Waals surface area contributed by atoms with Gasteiger partial charge in [-0.25, -0.2) is 0 Å². The minimum Gasteiger partial charge on any atom is -0.358 e. The monoisotopic (exact) mass is 392 g/mol. The topological polar surface area (TPSA) is 19.0 Å². The average Bonchev–Trinajstić information content (AvgIpc) is 2.83. The van der Waals surface area contributed by atoms with E-state index in [2.05, 4.69) is 79.9 Å². The molecule has 0 fully saturated rings. The van der Waals surface area contributed by atoms with Gasteiger partial charge in [0.05, 0.1) is 0 Å². The van der Waals surface area contributed by atoms with E-state index in [1.54, 1.807) is 0 Å². The van der Waals surface area contributed by atoms with Gasteiger partial charge in [0.25, 0.3) is 0 Å². The lowest BCUT2D eigenvalue weighted by Gasteiger charge is -2.23. The van der Waals surface area contributed by atoms with E-state index >= 15 is 0 Å². The third kappa shape index (κ3) is 3.24. The highest BCUT2D eigenvalue weighted by molar-refractivity contribution is 14.1. The van der Waals surface area contributed by atoms with E-state index < -0.39 is 0 Å². The molecule has 3 heteroatoms. The van der Waals surface area contributed by atoms with Gasteiger partial charge < -0.3 is 4.98 Å². The van der Waals surface area contributed by atoms with Crippen LogP contribution in [0.2, 0.25) is 0 Å². The number of hydrogen-bond donors (Lipinski definition) is 1. The Morgan fingerprint density at radius 1 is 1.33 bits per heavy atom. The van der Waals surface area contributed by atoms with E-state index in [0.29, 0.717) is 0 Å². The molecule has 1 aliphatic heterocycles. The second kappa shape index (κ2) is 6.79. The van der Waals surface area contributed by atoms with Crippen LogP contribution in [0.15, 0.2) is 46.1 Å². The Bertz CT molecular complexity index is 682. The molecule has 0 aliphatic carbocycles. The van der Waals surface area contributed by atoms with Crippen molar-refractivity contribution < 1.29 is 0 Å². The van der Waals surface area contributed by atoms with Crippen LogP contribution in [0.1, 0.15) is 24.6 Å². The molecule has 2 nitrogen and oxygen atoms in total. The van der Waals surface area contributed by atoms with Crippen LogP contribution in [0, 0.1) is 0 Å². The minimum absolute atomic E-state index is 1.01. The molecule has 1 aromatic carbocycles. The highest BCUT2D eigenvalue weighted by atomic mass is 127. The van der Waals surface area contributed by atoms with Gasteiger partial charge in [0.15, 0.2) is 0 Å². The Labute approximate surface area is 140 Å². The van der Waals surface area contributed by atoms with Crippen LogP contribution in [0.25, 0.3) is 10.9 Å². The van der Waals surface area contributed by atoms with Crippen molar-refractivity contribution in [1.82, 2.24) is 9.88 Å². The summed E-state index contributed by atoms with van der Waals surface area (Å²) in [5, 5.41) is 1.38. The largest absolute Gasteiger partial charge is 0.358 e. The second-order valence-electron chi connectivity index (χ2n) is 5.59. The van der Waals surface area contributed by atoms with Crippen LogP contribution >= 0.6 is 22.6 Å². The van der Waals surface area contributed by atoms with E-state index in [1.165, 1.54) is 27.7 Å². The van der Waals surface area contributed by atoms with Gasteiger partial charge in [-0.1, -0.05) is 65.4 Å². The van der Waals surface area contributed by atoms with Gasteiger partial charge >= 0.3 is 0 Å². The van der Waals surface area contributed by atoms with Crippen LogP contribution in [-0.2, 0) is 13.0 Å². The molecular formula is C18H21IN2. The number of allylic oxidation sites excluding steroid dienone is 1. The smallest absolute Gasteiger partial charge is 0.0459 e. The first-order valence-corrected chi connectivity index (χ1v) is 8.80. The third-order valence-corrected chi connectivity index (χ3v) is 5.05. The molecule has 2 aromatic rings. The number of nitrogens with one attached hydrogen (secondary N) is 1. The zero-order valence-corrected chi connectivity index (χ0v) is 14.6. The molecule has 0 atom stereocenters. The summed E-state index contributed by atoms with van der Waals surface area (Å²) in [5.74, 6) is 0. The number of nitrogens with zero attached hydrogens (tertiary/aromatic N) is 1. The van der Waals surface area contributed by atoms with Gasteiger partial charge in [0.1, 0.15) is 0 Å². The highest BCUT2D eigenvalue weighted by Crippen LogP contribution is 2.26. The summed E-state index contributed by atoms with van der Waals surface area (Å²) in [6, 6.07) is 8.66. The van der Waals surface area contributed by atoms with Crippen LogP contribution in [0.5, 0.6) is 0 Å². The molecule has 3 rings (SSSR count). The zero-order valence-electron chi connectivity index (χ0n) is 12.4. The number of rotatable bonds is 3. The first kappa shape index (κ1) is 14.9. The summed E-state index contributed by atoms with van der Waals surface area (Å²) in [6.45, 7) is 5.36. The lowest BCUT2D eigenvalue weighted by Crippen LogP contribution is -2.27. The summed E-state index contributed by atoms with van der Waals surface area (Å²) in [5.41, 5.74) is 5.61. The lowest BCUT2D eigenvalue weighted by molar-refractivity contribution is 0.316. The Kier molecular flexibility index (Phi) is 4.80.